The summed E-state index contributed by atoms with van der Waals surface area (Å²) in [5.41, 5.74) is 1.05. The molecule has 1 aromatic rings. The molecule has 1 aliphatic heterocycles. The SMILES string of the molecule is C[C@H]1CCCN([C@H](C(=O)NC2CCCC2)c2ccc(Cl)cc2)C1. The van der Waals surface area contributed by atoms with Crippen LogP contribution in [0.15, 0.2) is 24.3 Å². The topological polar surface area (TPSA) is 32.3 Å². The van der Waals surface area contributed by atoms with Gasteiger partial charge >= 0.3 is 0 Å². The minimum atomic E-state index is -0.185. The fourth-order valence-corrected chi connectivity index (χ4v) is 4.11. The zero-order valence-electron chi connectivity index (χ0n) is 13.9. The van der Waals surface area contributed by atoms with Gasteiger partial charge in [0.05, 0.1) is 0 Å². The summed E-state index contributed by atoms with van der Waals surface area (Å²) in [6, 6.07) is 7.96. The van der Waals surface area contributed by atoms with Crippen LogP contribution in [-0.4, -0.2) is 29.9 Å². The van der Waals surface area contributed by atoms with Gasteiger partial charge < -0.3 is 5.32 Å². The molecule has 3 nitrogen and oxygen atoms in total. The third kappa shape index (κ3) is 4.27. The molecule has 4 heteroatoms. The van der Waals surface area contributed by atoms with E-state index in [9.17, 15) is 4.79 Å². The van der Waals surface area contributed by atoms with Gasteiger partial charge in [0.15, 0.2) is 0 Å². The predicted octanol–water partition coefficient (Wildman–Crippen LogP) is 4.17. The van der Waals surface area contributed by atoms with E-state index in [-0.39, 0.29) is 11.9 Å². The first-order chi connectivity index (χ1) is 11.1. The van der Waals surface area contributed by atoms with Crippen LogP contribution in [0.1, 0.15) is 57.1 Å². The fraction of sp³-hybridized carbons (Fsp3) is 0.632. The summed E-state index contributed by atoms with van der Waals surface area (Å²) in [7, 11) is 0. The highest BCUT2D eigenvalue weighted by Crippen LogP contribution is 2.29. The summed E-state index contributed by atoms with van der Waals surface area (Å²) in [6.45, 7) is 4.26. The van der Waals surface area contributed by atoms with Crippen LogP contribution in [0, 0.1) is 5.92 Å². The summed E-state index contributed by atoms with van der Waals surface area (Å²) in [4.78, 5) is 15.4. The Bertz CT molecular complexity index is 525. The number of nitrogens with one attached hydrogen (secondary N) is 1. The van der Waals surface area contributed by atoms with E-state index >= 15 is 0 Å². The quantitative estimate of drug-likeness (QED) is 0.896. The van der Waals surface area contributed by atoms with Gasteiger partial charge in [-0.05, 0) is 55.8 Å². The van der Waals surface area contributed by atoms with Crippen LogP contribution >= 0.6 is 11.6 Å². The predicted molar refractivity (Wildman–Crippen MR) is 94.6 cm³/mol. The number of halogens is 1. The van der Waals surface area contributed by atoms with Crippen molar-refractivity contribution >= 4 is 17.5 Å². The van der Waals surface area contributed by atoms with Crippen LogP contribution in [0.5, 0.6) is 0 Å². The van der Waals surface area contributed by atoms with Crippen LogP contribution in [0.4, 0.5) is 0 Å². The smallest absolute Gasteiger partial charge is 0.242 e. The first-order valence-corrected chi connectivity index (χ1v) is 9.31. The van der Waals surface area contributed by atoms with Crippen molar-refractivity contribution in [3.63, 3.8) is 0 Å². The van der Waals surface area contributed by atoms with Crippen molar-refractivity contribution in [1.29, 1.82) is 0 Å². The van der Waals surface area contributed by atoms with Gasteiger partial charge in [-0.3, -0.25) is 9.69 Å². The Morgan fingerprint density at radius 2 is 1.87 bits per heavy atom. The monoisotopic (exact) mass is 334 g/mol. The van der Waals surface area contributed by atoms with E-state index in [1.54, 1.807) is 0 Å². The number of benzene rings is 1. The standard InChI is InChI=1S/C19H27ClN2O/c1-14-5-4-12-22(13-14)18(15-8-10-16(20)11-9-15)19(23)21-17-6-2-3-7-17/h8-11,14,17-18H,2-7,12-13H2,1H3,(H,21,23)/t14-,18-/m0/s1. The molecule has 1 saturated carbocycles. The lowest BCUT2D eigenvalue weighted by Crippen LogP contribution is -2.46. The Kier molecular flexibility index (Phi) is 5.60. The average molecular weight is 335 g/mol. The number of piperidine rings is 1. The Morgan fingerprint density at radius 3 is 2.52 bits per heavy atom. The Hall–Kier alpha value is -1.06. The van der Waals surface area contributed by atoms with Crippen molar-refractivity contribution in [3.05, 3.63) is 34.9 Å². The van der Waals surface area contributed by atoms with Crippen LogP contribution < -0.4 is 5.32 Å². The largest absolute Gasteiger partial charge is 0.352 e. The number of nitrogens with zero attached hydrogens (tertiary/aromatic N) is 1. The first-order valence-electron chi connectivity index (χ1n) is 8.93. The second-order valence-corrected chi connectivity index (χ2v) is 7.62. The third-order valence-corrected chi connectivity index (χ3v) is 5.44. The normalized spacial score (nSPS) is 24.5. The van der Waals surface area contributed by atoms with Crippen LogP contribution in [0.3, 0.4) is 0 Å². The molecular weight excluding hydrogens is 308 g/mol. The second-order valence-electron chi connectivity index (χ2n) is 7.19. The zero-order chi connectivity index (χ0) is 16.2. The van der Waals surface area contributed by atoms with Gasteiger partial charge in [0.1, 0.15) is 6.04 Å². The molecule has 0 bridgehead atoms. The maximum absolute atomic E-state index is 13.0. The molecule has 1 aliphatic carbocycles. The lowest BCUT2D eigenvalue weighted by Gasteiger charge is -2.37. The van der Waals surface area contributed by atoms with Crippen LogP contribution in [-0.2, 0) is 4.79 Å². The van der Waals surface area contributed by atoms with E-state index in [0.717, 1.165) is 36.5 Å². The van der Waals surface area contributed by atoms with Crippen molar-refractivity contribution in [1.82, 2.24) is 10.2 Å². The second kappa shape index (κ2) is 7.67. The summed E-state index contributed by atoms with van der Waals surface area (Å²) in [5.74, 6) is 0.811. The van der Waals surface area contributed by atoms with Crippen LogP contribution in [0.2, 0.25) is 5.02 Å². The van der Waals surface area contributed by atoms with Gasteiger partial charge in [0.25, 0.3) is 0 Å². The summed E-state index contributed by atoms with van der Waals surface area (Å²) < 4.78 is 0. The van der Waals surface area contributed by atoms with Crippen molar-refractivity contribution in [3.8, 4) is 0 Å². The molecule has 1 amide bonds. The number of amides is 1. The summed E-state index contributed by atoms with van der Waals surface area (Å²) >= 11 is 6.03. The van der Waals surface area contributed by atoms with E-state index in [1.165, 1.54) is 25.7 Å². The highest BCUT2D eigenvalue weighted by molar-refractivity contribution is 6.30. The number of rotatable bonds is 4. The molecule has 0 radical (unpaired) electrons. The third-order valence-electron chi connectivity index (χ3n) is 5.19. The minimum absolute atomic E-state index is 0.160. The average Bonchev–Trinajstić information content (AvgIpc) is 3.02. The molecule has 3 rings (SSSR count). The number of hydrogen-bond donors (Lipinski definition) is 1. The molecule has 1 N–H and O–H groups in total. The number of likely N-dealkylation sites (tertiary alicyclic amines) is 1. The van der Waals surface area contributed by atoms with Crippen molar-refractivity contribution in [2.24, 2.45) is 5.92 Å². The molecule has 23 heavy (non-hydrogen) atoms. The van der Waals surface area contributed by atoms with Crippen molar-refractivity contribution in [2.45, 2.75) is 57.5 Å². The molecule has 1 saturated heterocycles. The Balaban J connectivity index is 1.79. The summed E-state index contributed by atoms with van der Waals surface area (Å²) in [5, 5.41) is 4.01. The van der Waals surface area contributed by atoms with Crippen molar-refractivity contribution in [2.75, 3.05) is 13.1 Å². The number of carbonyl (C=O) groups is 1. The van der Waals surface area contributed by atoms with Crippen molar-refractivity contribution < 1.29 is 4.79 Å². The molecule has 0 spiro atoms. The van der Waals surface area contributed by atoms with Gasteiger partial charge in [0.2, 0.25) is 5.91 Å². The Morgan fingerprint density at radius 1 is 1.17 bits per heavy atom. The molecule has 2 fully saturated rings. The first kappa shape index (κ1) is 16.8. The van der Waals surface area contributed by atoms with E-state index < -0.39 is 0 Å². The highest BCUT2D eigenvalue weighted by atomic mass is 35.5. The molecule has 0 unspecified atom stereocenters. The zero-order valence-corrected chi connectivity index (χ0v) is 14.7. The molecule has 2 atom stereocenters. The molecule has 0 aromatic heterocycles. The van der Waals surface area contributed by atoms with Gasteiger partial charge in [-0.1, -0.05) is 43.5 Å². The van der Waals surface area contributed by atoms with E-state index in [0.29, 0.717) is 12.0 Å². The molecule has 1 aromatic carbocycles. The number of carbonyl (C=O) groups excluding carboxylic acids is 1. The molecule has 2 aliphatic rings. The molecular formula is C19H27ClN2O. The van der Waals surface area contributed by atoms with E-state index in [2.05, 4.69) is 17.1 Å². The van der Waals surface area contributed by atoms with E-state index in [1.807, 2.05) is 24.3 Å². The van der Waals surface area contributed by atoms with Crippen LogP contribution in [0.25, 0.3) is 0 Å². The maximum atomic E-state index is 13.0. The van der Waals surface area contributed by atoms with E-state index in [4.69, 9.17) is 11.6 Å². The lowest BCUT2D eigenvalue weighted by molar-refractivity contribution is -0.128. The van der Waals surface area contributed by atoms with Gasteiger partial charge in [0, 0.05) is 17.6 Å². The minimum Gasteiger partial charge on any atom is -0.352 e. The molecule has 126 valence electrons. The van der Waals surface area contributed by atoms with Gasteiger partial charge in [-0.25, -0.2) is 0 Å². The van der Waals surface area contributed by atoms with Gasteiger partial charge in [-0.2, -0.15) is 0 Å². The fourth-order valence-electron chi connectivity index (χ4n) is 3.98. The summed E-state index contributed by atoms with van der Waals surface area (Å²) in [6.07, 6.45) is 7.13. The highest BCUT2D eigenvalue weighted by Gasteiger charge is 2.32. The maximum Gasteiger partial charge on any atom is 0.242 e. The lowest BCUT2D eigenvalue weighted by atomic mass is 9.95. The molecule has 1 heterocycles. The number of hydrogen-bond acceptors (Lipinski definition) is 2. The Labute approximate surface area is 144 Å². The van der Waals surface area contributed by atoms with Gasteiger partial charge in [-0.15, -0.1) is 0 Å².